The van der Waals surface area contributed by atoms with Crippen LogP contribution in [-0.2, 0) is 9.53 Å². The predicted molar refractivity (Wildman–Crippen MR) is 81.1 cm³/mol. The number of carbonyl (C=O) groups excluding carboxylic acids is 1. The third kappa shape index (κ3) is 2.57. The Bertz CT molecular complexity index is 730. The number of benzene rings is 1. The molecule has 2 aliphatic heterocycles. The minimum absolute atomic E-state index is 0.0792. The molecule has 23 heavy (non-hydrogen) atoms. The number of rotatable bonds is 2. The summed E-state index contributed by atoms with van der Waals surface area (Å²) in [4.78, 5) is 19.0. The van der Waals surface area contributed by atoms with Gasteiger partial charge in [-0.1, -0.05) is 18.2 Å². The first-order valence-corrected chi connectivity index (χ1v) is 7.73. The number of morpholine rings is 1. The lowest BCUT2D eigenvalue weighted by atomic mass is 9.99. The zero-order chi connectivity index (χ0) is 15.8. The SMILES string of the molecule is Cc1nc(C2CN(C(=O)C3COc4ccccc43)CCO2)n[nH]1. The molecule has 0 spiro atoms. The fraction of sp³-hybridized carbons (Fsp3) is 0.438. The molecule has 2 aromatic rings. The Morgan fingerprint density at radius 3 is 3.09 bits per heavy atom. The third-order valence-corrected chi connectivity index (χ3v) is 4.28. The summed E-state index contributed by atoms with van der Waals surface area (Å²) in [7, 11) is 0. The minimum Gasteiger partial charge on any atom is -0.492 e. The maximum Gasteiger partial charge on any atom is 0.233 e. The molecule has 2 aliphatic rings. The normalized spacial score (nSPS) is 23.4. The van der Waals surface area contributed by atoms with Gasteiger partial charge in [-0.25, -0.2) is 4.98 Å². The number of aromatic nitrogens is 3. The topological polar surface area (TPSA) is 80.3 Å². The molecule has 1 amide bonds. The van der Waals surface area contributed by atoms with Crippen molar-refractivity contribution in [1.82, 2.24) is 20.1 Å². The van der Waals surface area contributed by atoms with Crippen LogP contribution < -0.4 is 4.74 Å². The standard InChI is InChI=1S/C16H18N4O3/c1-10-17-15(19-18-10)14-8-20(6-7-22-14)16(21)12-9-23-13-5-3-2-4-11(12)13/h2-5,12,14H,6-9H2,1H3,(H,17,18,19). The Morgan fingerprint density at radius 1 is 1.39 bits per heavy atom. The van der Waals surface area contributed by atoms with Crippen LogP contribution in [-0.4, -0.2) is 52.3 Å². The van der Waals surface area contributed by atoms with Gasteiger partial charge in [-0.15, -0.1) is 0 Å². The molecule has 1 aromatic heterocycles. The average molecular weight is 314 g/mol. The van der Waals surface area contributed by atoms with Gasteiger partial charge in [0.25, 0.3) is 0 Å². The Hall–Kier alpha value is -2.41. The van der Waals surface area contributed by atoms with Crippen LogP contribution in [0.1, 0.15) is 29.2 Å². The molecule has 2 atom stereocenters. The number of hydrogen-bond donors (Lipinski definition) is 1. The van der Waals surface area contributed by atoms with Crippen molar-refractivity contribution in [3.63, 3.8) is 0 Å². The summed E-state index contributed by atoms with van der Waals surface area (Å²) in [5, 5.41) is 6.96. The van der Waals surface area contributed by atoms with Gasteiger partial charge in [-0.05, 0) is 13.0 Å². The summed E-state index contributed by atoms with van der Waals surface area (Å²) in [6, 6.07) is 7.72. The third-order valence-electron chi connectivity index (χ3n) is 4.28. The van der Waals surface area contributed by atoms with Crippen LogP contribution in [0.15, 0.2) is 24.3 Å². The van der Waals surface area contributed by atoms with Gasteiger partial charge in [0.15, 0.2) is 5.82 Å². The van der Waals surface area contributed by atoms with Gasteiger partial charge in [-0.3, -0.25) is 9.89 Å². The Labute approximate surface area is 133 Å². The van der Waals surface area contributed by atoms with Gasteiger partial charge in [-0.2, -0.15) is 5.10 Å². The van der Waals surface area contributed by atoms with Gasteiger partial charge in [0, 0.05) is 12.1 Å². The molecule has 1 N–H and O–H groups in total. The molecule has 1 saturated heterocycles. The van der Waals surface area contributed by atoms with Crippen LogP contribution in [0.4, 0.5) is 0 Å². The molecular formula is C16H18N4O3. The van der Waals surface area contributed by atoms with Crippen molar-refractivity contribution < 1.29 is 14.3 Å². The van der Waals surface area contributed by atoms with E-state index in [1.54, 1.807) is 0 Å². The second-order valence-corrected chi connectivity index (χ2v) is 5.82. The van der Waals surface area contributed by atoms with Crippen molar-refractivity contribution in [1.29, 1.82) is 0 Å². The molecule has 0 aliphatic carbocycles. The molecule has 1 aromatic carbocycles. The quantitative estimate of drug-likeness (QED) is 0.900. The first kappa shape index (κ1) is 14.2. The first-order chi connectivity index (χ1) is 11.2. The molecule has 3 heterocycles. The van der Waals surface area contributed by atoms with E-state index >= 15 is 0 Å². The zero-order valence-electron chi connectivity index (χ0n) is 12.9. The number of fused-ring (bicyclic) bond motifs is 1. The van der Waals surface area contributed by atoms with Crippen molar-refractivity contribution in [2.24, 2.45) is 0 Å². The maximum atomic E-state index is 12.9. The molecular weight excluding hydrogens is 296 g/mol. The first-order valence-electron chi connectivity index (χ1n) is 7.73. The van der Waals surface area contributed by atoms with E-state index in [0.29, 0.717) is 32.1 Å². The highest BCUT2D eigenvalue weighted by Crippen LogP contribution is 2.35. The average Bonchev–Trinajstić information content (AvgIpc) is 3.20. The molecule has 2 unspecified atom stereocenters. The van der Waals surface area contributed by atoms with Gasteiger partial charge >= 0.3 is 0 Å². The molecule has 1 fully saturated rings. The van der Waals surface area contributed by atoms with E-state index in [9.17, 15) is 4.79 Å². The molecule has 7 nitrogen and oxygen atoms in total. The number of hydrogen-bond acceptors (Lipinski definition) is 5. The number of amides is 1. The Balaban J connectivity index is 1.51. The lowest BCUT2D eigenvalue weighted by Gasteiger charge is -2.33. The van der Waals surface area contributed by atoms with Crippen LogP contribution in [0.2, 0.25) is 0 Å². The van der Waals surface area contributed by atoms with E-state index in [1.807, 2.05) is 36.1 Å². The van der Waals surface area contributed by atoms with Crippen molar-refractivity contribution in [2.45, 2.75) is 18.9 Å². The van der Waals surface area contributed by atoms with E-state index in [0.717, 1.165) is 17.1 Å². The minimum atomic E-state index is -0.282. The Kier molecular flexibility index (Phi) is 3.49. The van der Waals surface area contributed by atoms with Crippen molar-refractivity contribution in [3.8, 4) is 5.75 Å². The van der Waals surface area contributed by atoms with E-state index < -0.39 is 0 Å². The summed E-state index contributed by atoms with van der Waals surface area (Å²) in [5.41, 5.74) is 0.967. The molecule has 4 rings (SSSR count). The van der Waals surface area contributed by atoms with Crippen LogP contribution in [0.25, 0.3) is 0 Å². The molecule has 0 radical (unpaired) electrons. The maximum absolute atomic E-state index is 12.9. The highest BCUT2D eigenvalue weighted by molar-refractivity contribution is 5.85. The molecule has 7 heteroatoms. The van der Waals surface area contributed by atoms with Crippen molar-refractivity contribution in [2.75, 3.05) is 26.3 Å². The summed E-state index contributed by atoms with van der Waals surface area (Å²) in [5.74, 6) is 1.99. The van der Waals surface area contributed by atoms with E-state index in [-0.39, 0.29) is 17.9 Å². The molecule has 120 valence electrons. The summed E-state index contributed by atoms with van der Waals surface area (Å²) >= 11 is 0. The number of para-hydroxylation sites is 1. The fourth-order valence-corrected chi connectivity index (χ4v) is 3.10. The largest absolute Gasteiger partial charge is 0.492 e. The number of nitrogens with one attached hydrogen (secondary N) is 1. The van der Waals surface area contributed by atoms with Gasteiger partial charge < -0.3 is 14.4 Å². The lowest BCUT2D eigenvalue weighted by molar-refractivity contribution is -0.141. The van der Waals surface area contributed by atoms with E-state index in [1.165, 1.54) is 0 Å². The van der Waals surface area contributed by atoms with Gasteiger partial charge in [0.05, 0.1) is 13.2 Å². The Morgan fingerprint density at radius 2 is 2.26 bits per heavy atom. The monoisotopic (exact) mass is 314 g/mol. The van der Waals surface area contributed by atoms with E-state index in [4.69, 9.17) is 9.47 Å². The number of nitrogens with zero attached hydrogens (tertiary/aromatic N) is 3. The van der Waals surface area contributed by atoms with Crippen LogP contribution in [0.3, 0.4) is 0 Å². The number of H-pyrrole nitrogens is 1. The highest BCUT2D eigenvalue weighted by Gasteiger charge is 2.36. The summed E-state index contributed by atoms with van der Waals surface area (Å²) in [6.07, 6.45) is -0.282. The number of aryl methyl sites for hydroxylation is 1. The smallest absolute Gasteiger partial charge is 0.233 e. The van der Waals surface area contributed by atoms with Crippen LogP contribution in [0.5, 0.6) is 5.75 Å². The number of carbonyl (C=O) groups is 1. The van der Waals surface area contributed by atoms with Crippen molar-refractivity contribution in [3.05, 3.63) is 41.5 Å². The van der Waals surface area contributed by atoms with Gasteiger partial charge in [0.1, 0.15) is 30.2 Å². The second kappa shape index (κ2) is 5.66. The zero-order valence-corrected chi connectivity index (χ0v) is 12.9. The predicted octanol–water partition coefficient (Wildman–Crippen LogP) is 1.19. The highest BCUT2D eigenvalue weighted by atomic mass is 16.5. The lowest BCUT2D eigenvalue weighted by Crippen LogP contribution is -2.44. The molecule has 0 saturated carbocycles. The van der Waals surface area contributed by atoms with E-state index in [2.05, 4.69) is 15.2 Å². The second-order valence-electron chi connectivity index (χ2n) is 5.82. The fourth-order valence-electron chi connectivity index (χ4n) is 3.10. The molecule has 0 bridgehead atoms. The number of ether oxygens (including phenoxy) is 2. The summed E-state index contributed by atoms with van der Waals surface area (Å²) in [6.45, 7) is 3.78. The van der Waals surface area contributed by atoms with Crippen LogP contribution >= 0.6 is 0 Å². The van der Waals surface area contributed by atoms with Crippen molar-refractivity contribution >= 4 is 5.91 Å². The van der Waals surface area contributed by atoms with Gasteiger partial charge in [0.2, 0.25) is 5.91 Å². The number of aromatic amines is 1. The van der Waals surface area contributed by atoms with Crippen LogP contribution in [0, 0.1) is 6.92 Å². The summed E-state index contributed by atoms with van der Waals surface area (Å²) < 4.78 is 11.3.